The van der Waals surface area contributed by atoms with Crippen LogP contribution in [0.1, 0.15) is 258 Å². The summed E-state index contributed by atoms with van der Waals surface area (Å²) in [5.41, 5.74) is 0. The summed E-state index contributed by atoms with van der Waals surface area (Å²) in [6.45, 7) is 3.77. The molecule has 1 saturated heterocycles. The SMILES string of the molecule is CCCCCCCCCCC/C=C\C/C=C\CCCCCCCCCCCCCCCCCC(=O)NC(COC1OC(CO)C(O)C(O)C1O)C(O)/C=C/CCCCCCCCCCC. The van der Waals surface area contributed by atoms with Gasteiger partial charge in [0.25, 0.3) is 0 Å². The van der Waals surface area contributed by atoms with Crippen LogP contribution in [0.5, 0.6) is 0 Å². The number of hydrogen-bond acceptors (Lipinski definition) is 8. The second kappa shape index (κ2) is 46.2. The van der Waals surface area contributed by atoms with Crippen LogP contribution in [-0.4, -0.2) is 87.5 Å². The standard InChI is InChI=1S/C56H105NO8/c1-3-5-7-9-11-13-15-16-17-18-19-20-21-22-23-24-25-26-27-28-29-30-31-32-33-34-36-38-40-42-44-46-52(60)57-49(48-64-56-55(63)54(62)53(61)51(47-58)65-56)50(59)45-43-41-39-37-35-14-12-10-8-6-4-2/h19-20,22-23,43,45,49-51,53-56,58-59,61-63H,3-18,21,24-42,44,46-48H2,1-2H3,(H,57,60)/b20-19-,23-22-,45-43+. The lowest BCUT2D eigenvalue weighted by Gasteiger charge is -2.40. The number of carbonyl (C=O) groups excluding carboxylic acids is 1. The maximum atomic E-state index is 13.0. The van der Waals surface area contributed by atoms with Crippen molar-refractivity contribution in [2.75, 3.05) is 13.2 Å². The molecule has 65 heavy (non-hydrogen) atoms. The van der Waals surface area contributed by atoms with E-state index in [1.165, 1.54) is 193 Å². The van der Waals surface area contributed by atoms with Crippen LogP contribution in [0.4, 0.5) is 0 Å². The van der Waals surface area contributed by atoms with Crippen LogP contribution in [0.3, 0.4) is 0 Å². The molecule has 0 aromatic heterocycles. The fourth-order valence-electron chi connectivity index (χ4n) is 8.78. The van der Waals surface area contributed by atoms with E-state index >= 15 is 0 Å². The highest BCUT2D eigenvalue weighted by Gasteiger charge is 2.44. The van der Waals surface area contributed by atoms with E-state index in [1.54, 1.807) is 6.08 Å². The molecular formula is C56H105NO8. The number of rotatable bonds is 47. The largest absolute Gasteiger partial charge is 0.394 e. The molecular weight excluding hydrogens is 815 g/mol. The molecule has 0 aromatic carbocycles. The highest BCUT2D eigenvalue weighted by molar-refractivity contribution is 5.76. The Balaban J connectivity index is 2.13. The van der Waals surface area contributed by atoms with Crippen molar-refractivity contribution in [1.29, 1.82) is 0 Å². The fraction of sp³-hybridized carbons (Fsp3) is 0.875. The van der Waals surface area contributed by atoms with Gasteiger partial charge in [-0.1, -0.05) is 237 Å². The highest BCUT2D eigenvalue weighted by atomic mass is 16.7. The maximum Gasteiger partial charge on any atom is 0.220 e. The molecule has 1 aliphatic rings. The van der Waals surface area contributed by atoms with Gasteiger partial charge in [0, 0.05) is 6.42 Å². The molecule has 0 aliphatic carbocycles. The van der Waals surface area contributed by atoms with E-state index in [0.29, 0.717) is 6.42 Å². The number of carbonyl (C=O) groups is 1. The fourth-order valence-corrected chi connectivity index (χ4v) is 8.78. The van der Waals surface area contributed by atoms with Gasteiger partial charge in [0.15, 0.2) is 6.29 Å². The molecule has 9 nitrogen and oxygen atoms in total. The summed E-state index contributed by atoms with van der Waals surface area (Å²) in [4.78, 5) is 13.0. The Kier molecular flexibility index (Phi) is 43.6. The molecule has 0 bridgehead atoms. The van der Waals surface area contributed by atoms with Crippen LogP contribution in [0.15, 0.2) is 36.5 Å². The van der Waals surface area contributed by atoms with Crippen molar-refractivity contribution in [3.05, 3.63) is 36.5 Å². The van der Waals surface area contributed by atoms with Crippen molar-refractivity contribution in [2.24, 2.45) is 0 Å². The van der Waals surface area contributed by atoms with Crippen molar-refractivity contribution in [2.45, 2.75) is 301 Å². The van der Waals surface area contributed by atoms with Crippen LogP contribution in [-0.2, 0) is 14.3 Å². The first kappa shape index (κ1) is 61.4. The minimum absolute atomic E-state index is 0.177. The molecule has 1 fully saturated rings. The molecule has 0 radical (unpaired) electrons. The average molecular weight is 920 g/mol. The van der Waals surface area contributed by atoms with Gasteiger partial charge < -0.3 is 40.3 Å². The minimum Gasteiger partial charge on any atom is -0.394 e. The molecule has 0 saturated carbocycles. The Bertz CT molecular complexity index is 1110. The molecule has 1 rings (SSSR count). The maximum absolute atomic E-state index is 13.0. The minimum atomic E-state index is -1.56. The molecule has 6 N–H and O–H groups in total. The first-order valence-corrected chi connectivity index (χ1v) is 27.7. The monoisotopic (exact) mass is 920 g/mol. The van der Waals surface area contributed by atoms with E-state index in [0.717, 1.165) is 44.9 Å². The summed E-state index contributed by atoms with van der Waals surface area (Å²) in [6.07, 6.45) is 52.2. The van der Waals surface area contributed by atoms with Gasteiger partial charge in [0.2, 0.25) is 5.91 Å². The zero-order chi connectivity index (χ0) is 47.3. The molecule has 0 aromatic rings. The van der Waals surface area contributed by atoms with Gasteiger partial charge in [-0.15, -0.1) is 0 Å². The Hall–Kier alpha value is -1.59. The molecule has 1 amide bonds. The van der Waals surface area contributed by atoms with Gasteiger partial charge in [-0.25, -0.2) is 0 Å². The summed E-state index contributed by atoms with van der Waals surface area (Å²) in [5.74, 6) is -0.177. The number of aliphatic hydroxyl groups is 5. The number of allylic oxidation sites excluding steroid dienone is 5. The van der Waals surface area contributed by atoms with Crippen LogP contribution >= 0.6 is 0 Å². The molecule has 7 atom stereocenters. The molecule has 9 heteroatoms. The lowest BCUT2D eigenvalue weighted by molar-refractivity contribution is -0.302. The van der Waals surface area contributed by atoms with Gasteiger partial charge in [-0.3, -0.25) is 4.79 Å². The van der Waals surface area contributed by atoms with E-state index in [2.05, 4.69) is 43.5 Å². The zero-order valence-electron chi connectivity index (χ0n) is 42.3. The lowest BCUT2D eigenvalue weighted by atomic mass is 9.99. The number of hydrogen-bond donors (Lipinski definition) is 6. The predicted octanol–water partition coefficient (Wildman–Crippen LogP) is 13.2. The van der Waals surface area contributed by atoms with Crippen molar-refractivity contribution in [3.63, 3.8) is 0 Å². The van der Waals surface area contributed by atoms with Crippen LogP contribution in [0, 0.1) is 0 Å². The van der Waals surface area contributed by atoms with E-state index < -0.39 is 49.5 Å². The third-order valence-corrected chi connectivity index (χ3v) is 13.2. The van der Waals surface area contributed by atoms with E-state index in [9.17, 15) is 30.3 Å². The topological polar surface area (TPSA) is 149 Å². The Morgan fingerprint density at radius 1 is 0.523 bits per heavy atom. The number of aliphatic hydroxyl groups excluding tert-OH is 5. The summed E-state index contributed by atoms with van der Waals surface area (Å²) < 4.78 is 11.2. The van der Waals surface area contributed by atoms with Crippen molar-refractivity contribution in [1.82, 2.24) is 5.32 Å². The highest BCUT2D eigenvalue weighted by Crippen LogP contribution is 2.23. The zero-order valence-corrected chi connectivity index (χ0v) is 42.3. The Morgan fingerprint density at radius 3 is 1.32 bits per heavy atom. The number of amides is 1. The van der Waals surface area contributed by atoms with Crippen LogP contribution in [0.2, 0.25) is 0 Å². The van der Waals surface area contributed by atoms with Gasteiger partial charge >= 0.3 is 0 Å². The second-order valence-corrected chi connectivity index (χ2v) is 19.4. The first-order chi connectivity index (χ1) is 31.8. The summed E-state index contributed by atoms with van der Waals surface area (Å²) >= 11 is 0. The molecule has 7 unspecified atom stereocenters. The number of nitrogens with one attached hydrogen (secondary N) is 1. The average Bonchev–Trinajstić information content (AvgIpc) is 3.31. The van der Waals surface area contributed by atoms with Crippen LogP contribution in [0.25, 0.3) is 0 Å². The molecule has 1 aliphatic heterocycles. The first-order valence-electron chi connectivity index (χ1n) is 27.7. The number of unbranched alkanes of at least 4 members (excludes halogenated alkanes) is 33. The molecule has 382 valence electrons. The summed E-state index contributed by atoms with van der Waals surface area (Å²) in [5, 5.41) is 54.3. The van der Waals surface area contributed by atoms with Crippen molar-refractivity contribution < 1.29 is 39.8 Å². The molecule has 1 heterocycles. The Labute approximate surface area is 400 Å². The van der Waals surface area contributed by atoms with E-state index in [1.807, 2.05) is 6.08 Å². The molecule has 0 spiro atoms. The van der Waals surface area contributed by atoms with E-state index in [-0.39, 0.29) is 12.5 Å². The van der Waals surface area contributed by atoms with Crippen molar-refractivity contribution in [3.8, 4) is 0 Å². The smallest absolute Gasteiger partial charge is 0.220 e. The van der Waals surface area contributed by atoms with Gasteiger partial charge in [0.05, 0.1) is 25.4 Å². The van der Waals surface area contributed by atoms with Crippen LogP contribution < -0.4 is 5.32 Å². The quantitative estimate of drug-likeness (QED) is 0.0261. The summed E-state index contributed by atoms with van der Waals surface area (Å²) in [7, 11) is 0. The summed E-state index contributed by atoms with van der Waals surface area (Å²) in [6, 6.07) is -0.802. The third kappa shape index (κ3) is 36.1. The van der Waals surface area contributed by atoms with Gasteiger partial charge in [-0.05, 0) is 51.4 Å². The van der Waals surface area contributed by atoms with Gasteiger partial charge in [0.1, 0.15) is 24.4 Å². The van der Waals surface area contributed by atoms with E-state index in [4.69, 9.17) is 9.47 Å². The lowest BCUT2D eigenvalue weighted by Crippen LogP contribution is -2.60. The number of ether oxygens (including phenoxy) is 2. The van der Waals surface area contributed by atoms with Crippen molar-refractivity contribution >= 4 is 5.91 Å². The third-order valence-electron chi connectivity index (χ3n) is 13.2. The van der Waals surface area contributed by atoms with Gasteiger partial charge in [-0.2, -0.15) is 0 Å². The second-order valence-electron chi connectivity index (χ2n) is 19.4. The predicted molar refractivity (Wildman–Crippen MR) is 272 cm³/mol. The Morgan fingerprint density at radius 2 is 0.908 bits per heavy atom. The normalized spacial score (nSPS) is 20.1.